The largest absolute Gasteiger partial charge is 0.493 e. The van der Waals surface area contributed by atoms with Crippen molar-refractivity contribution < 1.29 is 9.13 Å². The Balaban J connectivity index is 2.52. The van der Waals surface area contributed by atoms with Gasteiger partial charge in [0.2, 0.25) is 0 Å². The van der Waals surface area contributed by atoms with E-state index >= 15 is 0 Å². The molecule has 21 heavy (non-hydrogen) atoms. The molecule has 0 bridgehead atoms. The molecule has 0 saturated carbocycles. The summed E-state index contributed by atoms with van der Waals surface area (Å²) in [5.74, 6) is 0.389. The summed E-state index contributed by atoms with van der Waals surface area (Å²) in [7, 11) is 3.42. The summed E-state index contributed by atoms with van der Waals surface area (Å²) in [5, 5.41) is 7.58. The molecule has 1 aromatic heterocycles. The van der Waals surface area contributed by atoms with E-state index in [1.54, 1.807) is 30.1 Å². The zero-order valence-corrected chi connectivity index (χ0v) is 13.9. The fourth-order valence-corrected chi connectivity index (χ4v) is 2.67. The average molecular weight is 356 g/mol. The topological polar surface area (TPSA) is 39.1 Å². The molecule has 0 aliphatic rings. The third-order valence-electron chi connectivity index (χ3n) is 3.31. The van der Waals surface area contributed by atoms with Gasteiger partial charge in [0.1, 0.15) is 11.5 Å². The van der Waals surface area contributed by atoms with Crippen LogP contribution >= 0.6 is 15.9 Å². The molecule has 0 amide bonds. The highest BCUT2D eigenvalue weighted by molar-refractivity contribution is 9.10. The first kappa shape index (κ1) is 16.0. The van der Waals surface area contributed by atoms with Crippen LogP contribution in [-0.2, 0) is 7.05 Å². The maximum Gasteiger partial charge on any atom is 0.161 e. The van der Waals surface area contributed by atoms with Crippen molar-refractivity contribution in [2.24, 2.45) is 7.05 Å². The van der Waals surface area contributed by atoms with E-state index < -0.39 is 0 Å². The minimum atomic E-state index is -0.315. The zero-order valence-electron chi connectivity index (χ0n) is 12.4. The summed E-state index contributed by atoms with van der Waals surface area (Å²) < 4.78 is 22.2. The van der Waals surface area contributed by atoms with Crippen LogP contribution in [0.15, 0.2) is 28.9 Å². The molecule has 1 atom stereocenters. The average Bonchev–Trinajstić information content (AvgIpc) is 2.84. The molecule has 0 spiro atoms. The fraction of sp³-hybridized carbons (Fsp3) is 0.400. The summed E-state index contributed by atoms with van der Waals surface area (Å²) in [6, 6.07) is 4.62. The molecule has 0 aliphatic carbocycles. The summed E-state index contributed by atoms with van der Waals surface area (Å²) in [6.45, 7) is 2.84. The van der Waals surface area contributed by atoms with Crippen molar-refractivity contribution in [2.45, 2.75) is 19.4 Å². The minimum absolute atomic E-state index is 0.255. The molecular formula is C15H19BrFN3O. The monoisotopic (exact) mass is 355 g/mol. The first-order valence-electron chi connectivity index (χ1n) is 6.82. The number of ether oxygens (including phenoxy) is 1. The van der Waals surface area contributed by atoms with Crippen molar-refractivity contribution in [3.05, 3.63) is 45.9 Å². The predicted molar refractivity (Wildman–Crippen MR) is 84.0 cm³/mol. The predicted octanol–water partition coefficient (Wildman–Crippen LogP) is 3.42. The van der Waals surface area contributed by atoms with E-state index in [4.69, 9.17) is 4.74 Å². The lowest BCUT2D eigenvalue weighted by Crippen LogP contribution is -2.26. The van der Waals surface area contributed by atoms with E-state index in [2.05, 4.69) is 33.3 Å². The quantitative estimate of drug-likeness (QED) is 0.862. The van der Waals surface area contributed by atoms with E-state index in [1.807, 2.05) is 7.05 Å². The molecule has 0 saturated heterocycles. The van der Waals surface area contributed by atoms with Crippen molar-refractivity contribution in [2.75, 3.05) is 13.7 Å². The second kappa shape index (κ2) is 7.04. The molecule has 2 rings (SSSR count). The fourth-order valence-electron chi connectivity index (χ4n) is 2.29. The normalized spacial score (nSPS) is 12.4. The van der Waals surface area contributed by atoms with Gasteiger partial charge in [0.15, 0.2) is 5.75 Å². The number of rotatable bonds is 6. The van der Waals surface area contributed by atoms with Gasteiger partial charge in [-0.05, 0) is 31.2 Å². The first-order chi connectivity index (χ1) is 10.1. The van der Waals surface area contributed by atoms with Crippen molar-refractivity contribution in [1.29, 1.82) is 0 Å². The molecule has 1 heterocycles. The van der Waals surface area contributed by atoms with Crippen LogP contribution in [0.3, 0.4) is 0 Å². The number of nitrogens with one attached hydrogen (secondary N) is 1. The van der Waals surface area contributed by atoms with Crippen LogP contribution in [0.4, 0.5) is 4.39 Å². The highest BCUT2D eigenvalue weighted by atomic mass is 79.9. The second-order valence-electron chi connectivity index (χ2n) is 4.77. The van der Waals surface area contributed by atoms with Crippen LogP contribution in [0.5, 0.6) is 5.75 Å². The molecule has 0 radical (unpaired) electrons. The Bertz CT molecular complexity index is 615. The van der Waals surface area contributed by atoms with Crippen LogP contribution in [0.2, 0.25) is 0 Å². The molecule has 1 N–H and O–H groups in total. The van der Waals surface area contributed by atoms with Crippen molar-refractivity contribution >= 4 is 15.9 Å². The van der Waals surface area contributed by atoms with Gasteiger partial charge >= 0.3 is 0 Å². The molecule has 114 valence electrons. The third kappa shape index (κ3) is 3.44. The molecule has 0 fully saturated rings. The van der Waals surface area contributed by atoms with Gasteiger partial charge in [-0.2, -0.15) is 5.10 Å². The summed E-state index contributed by atoms with van der Waals surface area (Å²) in [4.78, 5) is 0. The number of methoxy groups -OCH3 is 1. The Morgan fingerprint density at radius 1 is 1.48 bits per heavy atom. The lowest BCUT2D eigenvalue weighted by molar-refractivity contribution is 0.399. The molecule has 1 aromatic carbocycles. The van der Waals surface area contributed by atoms with Gasteiger partial charge in [0, 0.05) is 17.1 Å². The van der Waals surface area contributed by atoms with E-state index in [0.717, 1.165) is 23.1 Å². The van der Waals surface area contributed by atoms with Gasteiger partial charge in [-0.1, -0.05) is 22.9 Å². The van der Waals surface area contributed by atoms with Crippen LogP contribution in [0.25, 0.3) is 0 Å². The van der Waals surface area contributed by atoms with Crippen LogP contribution in [0, 0.1) is 5.82 Å². The molecular weight excluding hydrogens is 337 g/mol. The highest BCUT2D eigenvalue weighted by Crippen LogP contribution is 2.32. The highest BCUT2D eigenvalue weighted by Gasteiger charge is 2.24. The molecule has 1 unspecified atom stereocenters. The van der Waals surface area contributed by atoms with Crippen LogP contribution < -0.4 is 10.1 Å². The zero-order chi connectivity index (χ0) is 15.4. The third-order valence-corrected chi connectivity index (χ3v) is 3.80. The van der Waals surface area contributed by atoms with E-state index in [-0.39, 0.29) is 11.9 Å². The van der Waals surface area contributed by atoms with Gasteiger partial charge in [-0.15, -0.1) is 0 Å². The van der Waals surface area contributed by atoms with Gasteiger partial charge in [-0.25, -0.2) is 4.39 Å². The van der Waals surface area contributed by atoms with Crippen molar-refractivity contribution in [1.82, 2.24) is 15.1 Å². The minimum Gasteiger partial charge on any atom is -0.493 e. The number of halogens is 2. The SMILES string of the molecule is CCCNC(c1cc(Br)ccc1F)c1c(OC)cnn1C. The Morgan fingerprint density at radius 3 is 2.90 bits per heavy atom. The van der Waals surface area contributed by atoms with Gasteiger partial charge in [0.05, 0.1) is 19.3 Å². The van der Waals surface area contributed by atoms with Crippen molar-refractivity contribution in [3.8, 4) is 5.75 Å². The van der Waals surface area contributed by atoms with Gasteiger partial charge < -0.3 is 10.1 Å². The summed E-state index contributed by atoms with van der Waals surface area (Å²) in [6.07, 6.45) is 2.60. The maximum absolute atomic E-state index is 14.3. The second-order valence-corrected chi connectivity index (χ2v) is 5.69. The van der Waals surface area contributed by atoms with Crippen molar-refractivity contribution in [3.63, 3.8) is 0 Å². The van der Waals surface area contributed by atoms with E-state index in [9.17, 15) is 4.39 Å². The number of benzene rings is 1. The first-order valence-corrected chi connectivity index (χ1v) is 7.62. The maximum atomic E-state index is 14.3. The molecule has 6 heteroatoms. The molecule has 4 nitrogen and oxygen atoms in total. The lowest BCUT2D eigenvalue weighted by atomic mass is 10.0. The van der Waals surface area contributed by atoms with Crippen LogP contribution in [0.1, 0.15) is 30.6 Å². The van der Waals surface area contributed by atoms with E-state index in [1.165, 1.54) is 6.07 Å². The van der Waals surface area contributed by atoms with Gasteiger partial charge in [-0.3, -0.25) is 4.68 Å². The smallest absolute Gasteiger partial charge is 0.161 e. The molecule has 0 aliphatic heterocycles. The van der Waals surface area contributed by atoms with Gasteiger partial charge in [0.25, 0.3) is 0 Å². The standard InChI is InChI=1S/C15H19BrFN3O/c1-4-7-18-14(11-8-10(16)5-6-12(11)17)15-13(21-3)9-19-20(15)2/h5-6,8-9,14,18H,4,7H2,1-3H3. The number of hydrogen-bond acceptors (Lipinski definition) is 3. The summed E-state index contributed by atoms with van der Waals surface area (Å²) >= 11 is 3.40. The Hall–Kier alpha value is -1.40. The Morgan fingerprint density at radius 2 is 2.24 bits per heavy atom. The summed E-state index contributed by atoms with van der Waals surface area (Å²) in [5.41, 5.74) is 1.38. The Labute approximate surface area is 132 Å². The number of nitrogens with zero attached hydrogens (tertiary/aromatic N) is 2. The lowest BCUT2D eigenvalue weighted by Gasteiger charge is -2.21. The Kier molecular flexibility index (Phi) is 5.36. The number of aromatic nitrogens is 2. The number of hydrogen-bond donors (Lipinski definition) is 1. The van der Waals surface area contributed by atoms with Crippen LogP contribution in [-0.4, -0.2) is 23.4 Å². The number of aryl methyl sites for hydroxylation is 1. The van der Waals surface area contributed by atoms with E-state index in [0.29, 0.717) is 11.3 Å². The molecule has 2 aromatic rings.